The fourth-order valence-corrected chi connectivity index (χ4v) is 10.1. The van der Waals surface area contributed by atoms with Crippen LogP contribution in [0, 0.1) is 0 Å². The molecule has 0 saturated heterocycles. The standard InChI is InChI=1S/C45H24B2Br2N4/c48-28-17-19-34-32(23-28)30-13-7-15-38-40(30)46(34)36-21-27(45-51-43(25-9-3-1-4-10-25)50-44(52-45)26-11-5-2-6-12-26)22-37-42(36)53(38)39-16-8-14-31-33-24-29(49)18-20-35(33)47(37)41(31)39/h1-24H. The second kappa shape index (κ2) is 11.0. The summed E-state index contributed by atoms with van der Waals surface area (Å²) in [5.41, 5.74) is 19.8. The predicted molar refractivity (Wildman–Crippen MR) is 226 cm³/mol. The molecule has 4 nitrogen and oxygen atoms in total. The average molecular weight is 802 g/mol. The molecule has 0 saturated carbocycles. The number of halogens is 2. The van der Waals surface area contributed by atoms with Gasteiger partial charge in [0.05, 0.1) is 0 Å². The lowest BCUT2D eigenvalue weighted by Gasteiger charge is -2.42. The number of benzene rings is 7. The zero-order valence-electron chi connectivity index (χ0n) is 28.1. The normalized spacial score (nSPS) is 13.4. The summed E-state index contributed by atoms with van der Waals surface area (Å²) >= 11 is 7.59. The van der Waals surface area contributed by atoms with Crippen molar-refractivity contribution >= 4 is 95.1 Å². The van der Waals surface area contributed by atoms with Crippen LogP contribution in [0.3, 0.4) is 0 Å². The third-order valence-corrected chi connectivity index (χ3v) is 12.4. The van der Waals surface area contributed by atoms with E-state index in [-0.39, 0.29) is 13.4 Å². The van der Waals surface area contributed by atoms with Crippen LogP contribution in [0.2, 0.25) is 0 Å². The quantitative estimate of drug-likeness (QED) is 0.174. The number of hydrogen-bond acceptors (Lipinski definition) is 4. The average Bonchev–Trinajstić information content (AvgIpc) is 3.71. The van der Waals surface area contributed by atoms with Gasteiger partial charge < -0.3 is 4.90 Å². The summed E-state index contributed by atoms with van der Waals surface area (Å²) in [4.78, 5) is 18.1. The number of rotatable bonds is 3. The van der Waals surface area contributed by atoms with Gasteiger partial charge in [0.15, 0.2) is 17.5 Å². The fraction of sp³-hybridized carbons (Fsp3) is 0. The van der Waals surface area contributed by atoms with Crippen LogP contribution in [0.4, 0.5) is 17.1 Å². The van der Waals surface area contributed by atoms with E-state index in [0.29, 0.717) is 17.5 Å². The molecule has 8 heteroatoms. The first-order valence-corrected chi connectivity index (χ1v) is 19.4. The number of hydrogen-bond donors (Lipinski definition) is 0. The zero-order valence-corrected chi connectivity index (χ0v) is 31.2. The molecule has 0 radical (unpaired) electrons. The largest absolute Gasteiger partial charge is 0.312 e. The Labute approximate surface area is 324 Å². The third-order valence-electron chi connectivity index (χ3n) is 11.4. The Morgan fingerprint density at radius 1 is 0.396 bits per heavy atom. The van der Waals surface area contributed by atoms with Crippen molar-refractivity contribution in [2.24, 2.45) is 0 Å². The van der Waals surface area contributed by atoms with Crippen molar-refractivity contribution in [3.63, 3.8) is 0 Å². The van der Waals surface area contributed by atoms with Gasteiger partial charge in [-0.15, -0.1) is 0 Å². The van der Waals surface area contributed by atoms with Gasteiger partial charge in [0.2, 0.25) is 13.4 Å². The van der Waals surface area contributed by atoms with E-state index < -0.39 is 0 Å². The smallest absolute Gasteiger partial charge is 0.248 e. The summed E-state index contributed by atoms with van der Waals surface area (Å²) in [6, 6.07) is 52.4. The predicted octanol–water partition coefficient (Wildman–Crippen LogP) is 7.49. The molecule has 0 unspecified atom stereocenters. The molecular weight excluding hydrogens is 778 g/mol. The van der Waals surface area contributed by atoms with E-state index in [0.717, 1.165) is 25.6 Å². The monoisotopic (exact) mass is 800 g/mol. The Kier molecular flexibility index (Phi) is 6.21. The van der Waals surface area contributed by atoms with Gasteiger partial charge in [-0.1, -0.05) is 152 Å². The van der Waals surface area contributed by atoms with Gasteiger partial charge in [0.1, 0.15) is 0 Å². The van der Waals surface area contributed by atoms with Crippen molar-refractivity contribution in [1.82, 2.24) is 15.0 Å². The highest BCUT2D eigenvalue weighted by molar-refractivity contribution is 9.10. The van der Waals surface area contributed by atoms with Crippen molar-refractivity contribution in [3.05, 3.63) is 155 Å². The highest BCUT2D eigenvalue weighted by Gasteiger charge is 2.49. The Bertz CT molecular complexity index is 2710. The lowest BCUT2D eigenvalue weighted by molar-refractivity contribution is 1.07. The number of fused-ring (bicyclic) bond motifs is 10. The zero-order chi connectivity index (χ0) is 34.9. The molecule has 4 aliphatic rings. The topological polar surface area (TPSA) is 41.9 Å². The van der Waals surface area contributed by atoms with Gasteiger partial charge in [0.25, 0.3) is 0 Å². The van der Waals surface area contributed by atoms with Crippen LogP contribution in [-0.4, -0.2) is 28.4 Å². The van der Waals surface area contributed by atoms with Crippen molar-refractivity contribution in [3.8, 4) is 56.4 Å². The molecule has 0 atom stereocenters. The molecule has 0 amide bonds. The van der Waals surface area contributed by atoms with E-state index in [1.54, 1.807) is 0 Å². The Morgan fingerprint density at radius 3 is 1.32 bits per heavy atom. The van der Waals surface area contributed by atoms with Gasteiger partial charge in [-0.3, -0.25) is 0 Å². The van der Waals surface area contributed by atoms with Crippen molar-refractivity contribution < 1.29 is 0 Å². The lowest BCUT2D eigenvalue weighted by atomic mass is 9.32. The molecule has 12 rings (SSSR count). The maximum absolute atomic E-state index is 5.24. The summed E-state index contributed by atoms with van der Waals surface area (Å²) in [6.07, 6.45) is 0. The lowest BCUT2D eigenvalue weighted by Crippen LogP contribution is -2.63. The minimum atomic E-state index is 0.0637. The number of anilines is 3. The molecule has 4 aliphatic heterocycles. The van der Waals surface area contributed by atoms with Crippen LogP contribution in [0.5, 0.6) is 0 Å². The van der Waals surface area contributed by atoms with E-state index in [2.05, 4.69) is 146 Å². The van der Waals surface area contributed by atoms with Crippen molar-refractivity contribution in [2.75, 3.05) is 4.90 Å². The van der Waals surface area contributed by atoms with Gasteiger partial charge in [-0.2, -0.15) is 0 Å². The first-order chi connectivity index (χ1) is 26.1. The Balaban J connectivity index is 1.19. The highest BCUT2D eigenvalue weighted by Crippen LogP contribution is 2.45. The molecule has 0 bridgehead atoms. The summed E-state index contributed by atoms with van der Waals surface area (Å²) in [5.74, 6) is 1.99. The van der Waals surface area contributed by atoms with E-state index in [1.807, 2.05) is 36.4 Å². The van der Waals surface area contributed by atoms with E-state index in [4.69, 9.17) is 15.0 Å². The SMILES string of the molecule is Brc1ccc2c(c1)-c1cccc3c1B2c1cc(-c2nc(-c4ccccc4)nc(-c4ccccc4)n2)cc2c1N3c1cccc3c1B2c1ccc(Br)cc1-3. The fourth-order valence-electron chi connectivity index (χ4n) is 9.37. The molecule has 0 spiro atoms. The Hall–Kier alpha value is -5.56. The summed E-state index contributed by atoms with van der Waals surface area (Å²) < 4.78 is 2.17. The van der Waals surface area contributed by atoms with Crippen LogP contribution in [0.15, 0.2) is 155 Å². The molecule has 8 aromatic rings. The molecule has 0 fully saturated rings. The maximum atomic E-state index is 5.24. The van der Waals surface area contributed by atoms with E-state index in [1.165, 1.54) is 72.1 Å². The van der Waals surface area contributed by atoms with Crippen LogP contribution in [-0.2, 0) is 0 Å². The molecule has 0 N–H and O–H groups in total. The summed E-state index contributed by atoms with van der Waals surface area (Å²) in [5, 5.41) is 0. The molecule has 1 aromatic heterocycles. The number of aromatic nitrogens is 3. The molecule has 0 aliphatic carbocycles. The first kappa shape index (κ1) is 30.0. The van der Waals surface area contributed by atoms with E-state index >= 15 is 0 Å². The minimum Gasteiger partial charge on any atom is -0.312 e. The van der Waals surface area contributed by atoms with Gasteiger partial charge in [0, 0.05) is 42.7 Å². The first-order valence-electron chi connectivity index (χ1n) is 17.8. The van der Waals surface area contributed by atoms with Crippen LogP contribution in [0.25, 0.3) is 56.4 Å². The van der Waals surface area contributed by atoms with Crippen molar-refractivity contribution in [2.45, 2.75) is 0 Å². The van der Waals surface area contributed by atoms with Crippen LogP contribution >= 0.6 is 31.9 Å². The summed E-state index contributed by atoms with van der Waals surface area (Å²) in [7, 11) is 0. The van der Waals surface area contributed by atoms with Gasteiger partial charge >= 0.3 is 0 Å². The molecule has 5 heterocycles. The molecule has 7 aromatic carbocycles. The molecule has 53 heavy (non-hydrogen) atoms. The second-order valence-electron chi connectivity index (χ2n) is 14.2. The molecule has 244 valence electrons. The number of nitrogens with zero attached hydrogens (tertiary/aromatic N) is 4. The second-order valence-corrected chi connectivity index (χ2v) is 16.0. The molecular formula is C45H24B2Br2N4. The van der Waals surface area contributed by atoms with Crippen LogP contribution in [0.1, 0.15) is 0 Å². The van der Waals surface area contributed by atoms with Gasteiger partial charge in [-0.05, 0) is 80.5 Å². The van der Waals surface area contributed by atoms with Gasteiger partial charge in [-0.25, -0.2) is 15.0 Å². The van der Waals surface area contributed by atoms with E-state index in [9.17, 15) is 0 Å². The third kappa shape index (κ3) is 4.16. The van der Waals surface area contributed by atoms with Crippen LogP contribution < -0.4 is 37.7 Å². The minimum absolute atomic E-state index is 0.0637. The van der Waals surface area contributed by atoms with Crippen molar-refractivity contribution in [1.29, 1.82) is 0 Å². The highest BCUT2D eigenvalue weighted by atomic mass is 79.9. The summed E-state index contributed by atoms with van der Waals surface area (Å²) in [6.45, 7) is 0.127. The Morgan fingerprint density at radius 2 is 0.849 bits per heavy atom. The maximum Gasteiger partial charge on any atom is 0.248 e.